The number of morpholine rings is 1. The third-order valence-corrected chi connectivity index (χ3v) is 2.65. The largest absolute Gasteiger partial charge is 0.378 e. The molecule has 3 heteroatoms. The van der Waals surface area contributed by atoms with Gasteiger partial charge in [0.25, 0.3) is 0 Å². The minimum absolute atomic E-state index is 0. The highest BCUT2D eigenvalue weighted by molar-refractivity contribution is 5.85. The van der Waals surface area contributed by atoms with Crippen LogP contribution in [0.4, 0.5) is 0 Å². The van der Waals surface area contributed by atoms with Gasteiger partial charge in [0.2, 0.25) is 0 Å². The number of benzene rings is 1. The average Bonchev–Trinajstić information content (AvgIpc) is 2.31. The first kappa shape index (κ1) is 12.2. The van der Waals surface area contributed by atoms with E-state index in [1.165, 1.54) is 5.56 Å². The Hall–Kier alpha value is -0.830. The van der Waals surface area contributed by atoms with Gasteiger partial charge < -0.3 is 4.74 Å². The zero-order valence-electron chi connectivity index (χ0n) is 8.61. The molecule has 1 atom stereocenters. The second kappa shape index (κ2) is 5.31. The fourth-order valence-electron chi connectivity index (χ4n) is 1.80. The van der Waals surface area contributed by atoms with E-state index in [9.17, 15) is 0 Å². The van der Waals surface area contributed by atoms with Gasteiger partial charge in [-0.25, -0.2) is 0 Å². The average molecular weight is 226 g/mol. The van der Waals surface area contributed by atoms with Crippen molar-refractivity contribution in [2.75, 3.05) is 19.8 Å². The molecule has 0 amide bonds. The molecule has 2 nitrogen and oxygen atoms in total. The molecule has 0 spiro atoms. The first-order valence-corrected chi connectivity index (χ1v) is 4.89. The van der Waals surface area contributed by atoms with Crippen molar-refractivity contribution in [1.29, 1.82) is 0 Å². The lowest BCUT2D eigenvalue weighted by molar-refractivity contribution is 0.0468. The SMILES string of the molecule is C=CC1(c2ccccc2)COCCN1.Cl. The molecule has 0 saturated carbocycles. The van der Waals surface area contributed by atoms with Crippen molar-refractivity contribution in [3.8, 4) is 0 Å². The van der Waals surface area contributed by atoms with Gasteiger partial charge >= 0.3 is 0 Å². The van der Waals surface area contributed by atoms with E-state index in [1.54, 1.807) is 0 Å². The Balaban J connectivity index is 0.00000112. The van der Waals surface area contributed by atoms with E-state index in [1.807, 2.05) is 24.3 Å². The molecule has 1 aliphatic heterocycles. The Morgan fingerprint density at radius 2 is 2.07 bits per heavy atom. The van der Waals surface area contributed by atoms with Gasteiger partial charge in [-0.15, -0.1) is 19.0 Å². The maximum absolute atomic E-state index is 5.50. The fraction of sp³-hybridized carbons (Fsp3) is 0.333. The van der Waals surface area contributed by atoms with Gasteiger partial charge in [0, 0.05) is 6.54 Å². The normalized spacial score (nSPS) is 25.3. The molecule has 0 aromatic heterocycles. The highest BCUT2D eigenvalue weighted by atomic mass is 35.5. The molecule has 1 fully saturated rings. The molecule has 1 unspecified atom stereocenters. The van der Waals surface area contributed by atoms with Crippen LogP contribution in [0.2, 0.25) is 0 Å². The van der Waals surface area contributed by atoms with Gasteiger partial charge in [-0.1, -0.05) is 36.4 Å². The van der Waals surface area contributed by atoms with Gasteiger partial charge in [-0.2, -0.15) is 0 Å². The molecular formula is C12H16ClNO. The summed E-state index contributed by atoms with van der Waals surface area (Å²) in [5, 5.41) is 3.46. The molecule has 15 heavy (non-hydrogen) atoms. The summed E-state index contributed by atoms with van der Waals surface area (Å²) in [6.45, 7) is 6.21. The lowest BCUT2D eigenvalue weighted by atomic mass is 9.90. The molecule has 82 valence electrons. The van der Waals surface area contributed by atoms with Crippen LogP contribution in [0, 0.1) is 0 Å². The summed E-state index contributed by atoms with van der Waals surface area (Å²) in [5.74, 6) is 0. The number of hydrogen-bond acceptors (Lipinski definition) is 2. The van der Waals surface area contributed by atoms with Crippen LogP contribution in [0.5, 0.6) is 0 Å². The molecular weight excluding hydrogens is 210 g/mol. The molecule has 2 rings (SSSR count). The summed E-state index contributed by atoms with van der Waals surface area (Å²) in [5.41, 5.74) is 1.02. The van der Waals surface area contributed by atoms with Crippen LogP contribution in [-0.4, -0.2) is 19.8 Å². The first-order chi connectivity index (χ1) is 6.87. The molecule has 1 N–H and O–H groups in total. The van der Waals surface area contributed by atoms with E-state index >= 15 is 0 Å². The molecule has 1 heterocycles. The number of hydrogen-bond donors (Lipinski definition) is 1. The van der Waals surface area contributed by atoms with Crippen LogP contribution < -0.4 is 5.32 Å². The maximum atomic E-state index is 5.50. The predicted octanol–water partition coefficient (Wildman–Crippen LogP) is 2.11. The van der Waals surface area contributed by atoms with Gasteiger partial charge in [0.15, 0.2) is 0 Å². The van der Waals surface area contributed by atoms with Crippen molar-refractivity contribution >= 4 is 12.4 Å². The van der Waals surface area contributed by atoms with Crippen molar-refractivity contribution in [3.63, 3.8) is 0 Å². The monoisotopic (exact) mass is 225 g/mol. The molecule has 1 aliphatic rings. The Bertz CT molecular complexity index is 307. The topological polar surface area (TPSA) is 21.3 Å². The van der Waals surface area contributed by atoms with E-state index in [-0.39, 0.29) is 17.9 Å². The molecule has 0 bridgehead atoms. The highest BCUT2D eigenvalue weighted by Crippen LogP contribution is 2.24. The first-order valence-electron chi connectivity index (χ1n) is 4.89. The van der Waals surface area contributed by atoms with Crippen LogP contribution in [0.15, 0.2) is 43.0 Å². The van der Waals surface area contributed by atoms with Crippen molar-refractivity contribution in [2.24, 2.45) is 0 Å². The van der Waals surface area contributed by atoms with Crippen LogP contribution in [0.25, 0.3) is 0 Å². The van der Waals surface area contributed by atoms with E-state index in [2.05, 4.69) is 24.0 Å². The zero-order chi connectivity index (χ0) is 9.86. The van der Waals surface area contributed by atoms with Gasteiger partial charge in [0.05, 0.1) is 18.8 Å². The standard InChI is InChI=1S/C12H15NO.ClH/c1-2-12(10-14-9-8-13-12)11-6-4-3-5-7-11;/h2-7,13H,1,8-10H2;1H. The van der Waals surface area contributed by atoms with E-state index in [0.717, 1.165) is 13.2 Å². The smallest absolute Gasteiger partial charge is 0.0856 e. The Morgan fingerprint density at radius 1 is 1.33 bits per heavy atom. The van der Waals surface area contributed by atoms with Crippen LogP contribution in [-0.2, 0) is 10.3 Å². The minimum Gasteiger partial charge on any atom is -0.378 e. The number of rotatable bonds is 2. The summed E-state index contributed by atoms with van der Waals surface area (Å²) < 4.78 is 5.50. The molecule has 0 aliphatic carbocycles. The molecule has 1 aromatic rings. The van der Waals surface area contributed by atoms with Gasteiger partial charge in [0.1, 0.15) is 0 Å². The molecule has 1 saturated heterocycles. The maximum Gasteiger partial charge on any atom is 0.0856 e. The molecule has 0 radical (unpaired) electrons. The number of nitrogens with one attached hydrogen (secondary N) is 1. The Morgan fingerprint density at radius 3 is 2.60 bits per heavy atom. The van der Waals surface area contributed by atoms with Crippen molar-refractivity contribution in [1.82, 2.24) is 5.32 Å². The van der Waals surface area contributed by atoms with Gasteiger partial charge in [-0.3, -0.25) is 5.32 Å². The lowest BCUT2D eigenvalue weighted by Gasteiger charge is -2.35. The fourth-order valence-corrected chi connectivity index (χ4v) is 1.80. The zero-order valence-corrected chi connectivity index (χ0v) is 9.43. The molecule has 1 aromatic carbocycles. The summed E-state index contributed by atoms with van der Waals surface area (Å²) in [6.07, 6.45) is 1.93. The summed E-state index contributed by atoms with van der Waals surface area (Å²) >= 11 is 0. The van der Waals surface area contributed by atoms with E-state index < -0.39 is 0 Å². The van der Waals surface area contributed by atoms with E-state index in [0.29, 0.717) is 6.61 Å². The Labute approximate surface area is 96.7 Å². The van der Waals surface area contributed by atoms with Crippen LogP contribution in [0.3, 0.4) is 0 Å². The van der Waals surface area contributed by atoms with E-state index in [4.69, 9.17) is 4.74 Å². The minimum atomic E-state index is -0.195. The number of ether oxygens (including phenoxy) is 1. The quantitative estimate of drug-likeness (QED) is 0.779. The third-order valence-electron chi connectivity index (χ3n) is 2.65. The van der Waals surface area contributed by atoms with Gasteiger partial charge in [-0.05, 0) is 5.56 Å². The summed E-state index contributed by atoms with van der Waals surface area (Å²) in [4.78, 5) is 0. The van der Waals surface area contributed by atoms with Crippen molar-refractivity contribution in [2.45, 2.75) is 5.54 Å². The van der Waals surface area contributed by atoms with Crippen molar-refractivity contribution < 1.29 is 4.74 Å². The Kier molecular flexibility index (Phi) is 4.33. The summed E-state index contributed by atoms with van der Waals surface area (Å²) in [6, 6.07) is 10.3. The lowest BCUT2D eigenvalue weighted by Crippen LogP contribution is -2.50. The van der Waals surface area contributed by atoms with Crippen LogP contribution >= 0.6 is 12.4 Å². The van der Waals surface area contributed by atoms with Crippen molar-refractivity contribution in [3.05, 3.63) is 48.6 Å². The second-order valence-electron chi connectivity index (χ2n) is 3.52. The summed E-state index contributed by atoms with van der Waals surface area (Å²) in [7, 11) is 0. The van der Waals surface area contributed by atoms with Crippen LogP contribution in [0.1, 0.15) is 5.56 Å². The predicted molar refractivity (Wildman–Crippen MR) is 64.4 cm³/mol. The highest BCUT2D eigenvalue weighted by Gasteiger charge is 2.30. The third kappa shape index (κ3) is 2.40. The number of halogens is 1. The second-order valence-corrected chi connectivity index (χ2v) is 3.52.